The second-order valence-corrected chi connectivity index (χ2v) is 10.1. The van der Waals surface area contributed by atoms with E-state index in [1.807, 2.05) is 36.4 Å². The minimum absolute atomic E-state index is 0.0583. The zero-order valence-electron chi connectivity index (χ0n) is 18.5. The average Bonchev–Trinajstić information content (AvgIpc) is 2.69. The Bertz CT molecular complexity index is 921. The number of ether oxygens (including phenoxy) is 1. The number of nitrogens with zero attached hydrogens (tertiary/aromatic N) is 1. The summed E-state index contributed by atoms with van der Waals surface area (Å²) in [5.74, 6) is 2.13. The second-order valence-electron chi connectivity index (χ2n) is 7.95. The van der Waals surface area contributed by atoms with Crippen LogP contribution in [-0.4, -0.2) is 34.3 Å². The van der Waals surface area contributed by atoms with E-state index in [2.05, 4.69) is 48.5 Å². The van der Waals surface area contributed by atoms with Gasteiger partial charge in [-0.15, -0.1) is 0 Å². The molecule has 0 aliphatic rings. The predicted octanol–water partition coefficient (Wildman–Crippen LogP) is 3.69. The summed E-state index contributed by atoms with van der Waals surface area (Å²) in [6, 6.07) is 15.7. The maximum atomic E-state index is 11.4. The van der Waals surface area contributed by atoms with Gasteiger partial charge in [-0.3, -0.25) is 4.99 Å². The fourth-order valence-corrected chi connectivity index (χ4v) is 3.64. The van der Waals surface area contributed by atoms with Crippen molar-refractivity contribution in [2.24, 2.45) is 10.9 Å². The number of sulfone groups is 1. The lowest BCUT2D eigenvalue weighted by atomic mass is 10.1. The highest BCUT2D eigenvalue weighted by molar-refractivity contribution is 7.89. The number of benzene rings is 2. The van der Waals surface area contributed by atoms with E-state index in [-0.39, 0.29) is 11.8 Å². The Kier molecular flexibility index (Phi) is 8.72. The highest BCUT2D eigenvalue weighted by atomic mass is 32.2. The Morgan fingerprint density at radius 3 is 2.13 bits per heavy atom. The molecule has 164 valence electrons. The van der Waals surface area contributed by atoms with Crippen LogP contribution in [0.1, 0.15) is 43.5 Å². The maximum absolute atomic E-state index is 11.4. The van der Waals surface area contributed by atoms with Crippen LogP contribution in [0.25, 0.3) is 0 Å². The standard InChI is InChI=1S/C23H33N3O3S/c1-17(2)15-29-22-12-10-21(11-13-22)18(3)26-23(24-4)25-14-19-6-8-20(9-7-19)16-30(5,27)28/h6-13,17-18H,14-16H2,1-5H3,(H2,24,25,26). The minimum Gasteiger partial charge on any atom is -0.493 e. The fraction of sp³-hybridized carbons (Fsp3) is 0.435. The Balaban J connectivity index is 1.88. The lowest BCUT2D eigenvalue weighted by Gasteiger charge is -2.19. The van der Waals surface area contributed by atoms with E-state index >= 15 is 0 Å². The number of rotatable bonds is 9. The van der Waals surface area contributed by atoms with Gasteiger partial charge in [-0.25, -0.2) is 8.42 Å². The van der Waals surface area contributed by atoms with Gasteiger partial charge in [0.05, 0.1) is 18.4 Å². The van der Waals surface area contributed by atoms with E-state index in [0.29, 0.717) is 25.0 Å². The molecule has 7 heteroatoms. The zero-order chi connectivity index (χ0) is 22.1. The molecule has 0 saturated heterocycles. The van der Waals surface area contributed by atoms with Crippen LogP contribution in [0.3, 0.4) is 0 Å². The van der Waals surface area contributed by atoms with E-state index in [1.54, 1.807) is 7.05 Å². The average molecular weight is 432 g/mol. The maximum Gasteiger partial charge on any atom is 0.191 e. The minimum atomic E-state index is -3.02. The zero-order valence-corrected chi connectivity index (χ0v) is 19.3. The fourth-order valence-electron chi connectivity index (χ4n) is 2.84. The number of aliphatic imine (C=N–C) groups is 1. The van der Waals surface area contributed by atoms with Crippen molar-refractivity contribution >= 4 is 15.8 Å². The third kappa shape index (κ3) is 8.45. The van der Waals surface area contributed by atoms with Crippen molar-refractivity contribution in [1.29, 1.82) is 0 Å². The van der Waals surface area contributed by atoms with Gasteiger partial charge in [-0.1, -0.05) is 50.2 Å². The van der Waals surface area contributed by atoms with E-state index in [0.717, 1.165) is 22.4 Å². The summed E-state index contributed by atoms with van der Waals surface area (Å²) in [5.41, 5.74) is 2.98. The first-order valence-corrected chi connectivity index (χ1v) is 12.2. The van der Waals surface area contributed by atoms with Gasteiger partial charge in [0.1, 0.15) is 5.75 Å². The highest BCUT2D eigenvalue weighted by Crippen LogP contribution is 2.18. The van der Waals surface area contributed by atoms with Crippen LogP contribution >= 0.6 is 0 Å². The first kappa shape index (κ1) is 23.7. The SMILES string of the molecule is CN=C(NCc1ccc(CS(C)(=O)=O)cc1)NC(C)c1ccc(OCC(C)C)cc1. The topological polar surface area (TPSA) is 79.8 Å². The van der Waals surface area contributed by atoms with Crippen molar-refractivity contribution < 1.29 is 13.2 Å². The lowest BCUT2D eigenvalue weighted by molar-refractivity contribution is 0.271. The highest BCUT2D eigenvalue weighted by Gasteiger charge is 2.09. The summed E-state index contributed by atoms with van der Waals surface area (Å²) >= 11 is 0. The van der Waals surface area contributed by atoms with Crippen molar-refractivity contribution in [3.63, 3.8) is 0 Å². The van der Waals surface area contributed by atoms with Crippen LogP contribution in [0.2, 0.25) is 0 Å². The van der Waals surface area contributed by atoms with Gasteiger partial charge in [-0.05, 0) is 41.7 Å². The molecule has 2 aromatic rings. The molecule has 0 radical (unpaired) electrons. The molecule has 0 fully saturated rings. The third-order valence-electron chi connectivity index (χ3n) is 4.45. The van der Waals surface area contributed by atoms with Crippen LogP contribution < -0.4 is 15.4 Å². The van der Waals surface area contributed by atoms with E-state index in [9.17, 15) is 8.42 Å². The second kappa shape index (κ2) is 11.0. The molecular formula is C23H33N3O3S. The Hall–Kier alpha value is -2.54. The summed E-state index contributed by atoms with van der Waals surface area (Å²) in [6.07, 6.45) is 1.24. The molecule has 2 aromatic carbocycles. The van der Waals surface area contributed by atoms with Gasteiger partial charge >= 0.3 is 0 Å². The number of guanidine groups is 1. The van der Waals surface area contributed by atoms with Gasteiger partial charge in [0, 0.05) is 19.8 Å². The molecule has 2 N–H and O–H groups in total. The predicted molar refractivity (Wildman–Crippen MR) is 124 cm³/mol. The molecule has 0 spiro atoms. The molecule has 1 atom stereocenters. The van der Waals surface area contributed by atoms with Gasteiger partial charge in [0.2, 0.25) is 0 Å². The number of hydrogen-bond acceptors (Lipinski definition) is 4. The molecule has 0 aliphatic carbocycles. The van der Waals surface area contributed by atoms with E-state index < -0.39 is 9.84 Å². The molecule has 30 heavy (non-hydrogen) atoms. The molecule has 6 nitrogen and oxygen atoms in total. The van der Waals surface area contributed by atoms with E-state index in [4.69, 9.17) is 4.74 Å². The Morgan fingerprint density at radius 1 is 1.00 bits per heavy atom. The number of nitrogens with one attached hydrogen (secondary N) is 2. The molecule has 1 unspecified atom stereocenters. The third-order valence-corrected chi connectivity index (χ3v) is 5.31. The number of hydrogen-bond donors (Lipinski definition) is 2. The lowest BCUT2D eigenvalue weighted by Crippen LogP contribution is -2.38. The van der Waals surface area contributed by atoms with Crippen LogP contribution in [0, 0.1) is 5.92 Å². The largest absolute Gasteiger partial charge is 0.493 e. The molecule has 0 amide bonds. The van der Waals surface area contributed by atoms with Crippen molar-refractivity contribution in [3.8, 4) is 5.75 Å². The Labute approximate surface area is 180 Å². The molecule has 0 bridgehead atoms. The van der Waals surface area contributed by atoms with Gasteiger partial charge in [-0.2, -0.15) is 0 Å². The first-order valence-electron chi connectivity index (χ1n) is 10.1. The molecule has 0 aliphatic heterocycles. The van der Waals surface area contributed by atoms with Crippen molar-refractivity contribution in [3.05, 3.63) is 65.2 Å². The van der Waals surface area contributed by atoms with Crippen molar-refractivity contribution in [2.45, 2.75) is 39.1 Å². The van der Waals surface area contributed by atoms with Gasteiger partial charge in [0.25, 0.3) is 0 Å². The summed E-state index contributed by atoms with van der Waals surface area (Å²) < 4.78 is 28.5. The van der Waals surface area contributed by atoms with Gasteiger partial charge in [0.15, 0.2) is 15.8 Å². The van der Waals surface area contributed by atoms with E-state index in [1.165, 1.54) is 6.26 Å². The molecule has 0 aromatic heterocycles. The quantitative estimate of drug-likeness (QED) is 0.468. The molecule has 0 saturated carbocycles. The van der Waals surface area contributed by atoms with Crippen LogP contribution in [0.5, 0.6) is 5.75 Å². The monoisotopic (exact) mass is 431 g/mol. The van der Waals surface area contributed by atoms with Crippen LogP contribution in [0.4, 0.5) is 0 Å². The van der Waals surface area contributed by atoms with Crippen LogP contribution in [0.15, 0.2) is 53.5 Å². The van der Waals surface area contributed by atoms with Crippen LogP contribution in [-0.2, 0) is 22.1 Å². The summed E-state index contributed by atoms with van der Waals surface area (Å²) in [6.45, 7) is 7.63. The Morgan fingerprint density at radius 2 is 1.60 bits per heavy atom. The summed E-state index contributed by atoms with van der Waals surface area (Å²) in [4.78, 5) is 4.29. The first-order chi connectivity index (χ1) is 14.2. The molecule has 0 heterocycles. The summed E-state index contributed by atoms with van der Waals surface area (Å²) in [5, 5.41) is 6.68. The smallest absolute Gasteiger partial charge is 0.191 e. The molecule has 2 rings (SSSR count). The van der Waals surface area contributed by atoms with Crippen molar-refractivity contribution in [1.82, 2.24) is 10.6 Å². The normalized spacial score (nSPS) is 13.2. The van der Waals surface area contributed by atoms with Crippen molar-refractivity contribution in [2.75, 3.05) is 19.9 Å². The summed E-state index contributed by atoms with van der Waals surface area (Å²) in [7, 11) is -1.29. The van der Waals surface area contributed by atoms with Gasteiger partial charge < -0.3 is 15.4 Å². The molecular weight excluding hydrogens is 398 g/mol.